The summed E-state index contributed by atoms with van der Waals surface area (Å²) < 4.78 is 28.8. The molecule has 124 valence electrons. The highest BCUT2D eigenvalue weighted by atomic mass is 32.2. The summed E-state index contributed by atoms with van der Waals surface area (Å²) in [4.78, 5) is 6.74. The van der Waals surface area contributed by atoms with Gasteiger partial charge >= 0.3 is 0 Å². The van der Waals surface area contributed by atoms with Crippen LogP contribution in [0, 0.1) is 6.92 Å². The van der Waals surface area contributed by atoms with E-state index in [9.17, 15) is 8.42 Å². The summed E-state index contributed by atoms with van der Waals surface area (Å²) in [6, 6.07) is 5.76. The molecule has 8 heteroatoms. The van der Waals surface area contributed by atoms with Crippen molar-refractivity contribution in [3.63, 3.8) is 0 Å². The molecule has 1 aliphatic heterocycles. The lowest BCUT2D eigenvalue weighted by Gasteiger charge is -2.34. The summed E-state index contributed by atoms with van der Waals surface area (Å²) in [5, 5.41) is 4.24. The molecule has 0 aliphatic carbocycles. The average Bonchev–Trinajstić information content (AvgIpc) is 2.97. The first-order valence-corrected chi connectivity index (χ1v) is 9.16. The first-order chi connectivity index (χ1) is 11.0. The van der Waals surface area contributed by atoms with Crippen molar-refractivity contribution in [2.75, 3.05) is 31.1 Å². The summed E-state index contributed by atoms with van der Waals surface area (Å²) in [6.45, 7) is 6.52. The number of nitrogens with zero attached hydrogens (tertiary/aromatic N) is 5. The molecule has 0 bridgehead atoms. The third-order valence-corrected chi connectivity index (χ3v) is 6.06. The lowest BCUT2D eigenvalue weighted by molar-refractivity contribution is 0.383. The van der Waals surface area contributed by atoms with Crippen LogP contribution in [0.15, 0.2) is 35.5 Å². The van der Waals surface area contributed by atoms with Crippen LogP contribution in [-0.4, -0.2) is 53.7 Å². The number of aryl methyl sites for hydroxylation is 2. The van der Waals surface area contributed by atoms with Crippen LogP contribution < -0.4 is 4.90 Å². The van der Waals surface area contributed by atoms with Crippen molar-refractivity contribution < 1.29 is 8.42 Å². The minimum atomic E-state index is -3.48. The highest BCUT2D eigenvalue weighted by molar-refractivity contribution is 7.89. The van der Waals surface area contributed by atoms with E-state index >= 15 is 0 Å². The Labute approximate surface area is 136 Å². The normalized spacial score (nSPS) is 16.7. The first kappa shape index (κ1) is 15.9. The Balaban J connectivity index is 1.75. The molecule has 3 heterocycles. The van der Waals surface area contributed by atoms with Gasteiger partial charge < -0.3 is 4.90 Å². The van der Waals surface area contributed by atoms with E-state index < -0.39 is 10.0 Å². The Hall–Kier alpha value is -1.93. The SMILES string of the molecule is CCn1cc(S(=O)(=O)N2CCN(c3ccccn3)CC2)c(C)n1. The van der Waals surface area contributed by atoms with E-state index in [1.807, 2.05) is 25.1 Å². The van der Waals surface area contributed by atoms with Crippen LogP contribution in [0.4, 0.5) is 5.82 Å². The van der Waals surface area contributed by atoms with E-state index in [1.54, 1.807) is 24.0 Å². The molecule has 1 saturated heterocycles. The van der Waals surface area contributed by atoms with E-state index in [2.05, 4.69) is 15.0 Å². The Morgan fingerprint density at radius 2 is 1.91 bits per heavy atom. The molecule has 0 atom stereocenters. The van der Waals surface area contributed by atoms with Gasteiger partial charge in [0.05, 0.1) is 5.69 Å². The topological polar surface area (TPSA) is 71.3 Å². The van der Waals surface area contributed by atoms with Crippen molar-refractivity contribution in [2.45, 2.75) is 25.3 Å². The van der Waals surface area contributed by atoms with Gasteiger partial charge in [-0.15, -0.1) is 0 Å². The zero-order chi connectivity index (χ0) is 16.4. The van der Waals surface area contributed by atoms with Crippen LogP contribution in [0.3, 0.4) is 0 Å². The molecular formula is C15H21N5O2S. The van der Waals surface area contributed by atoms with Gasteiger partial charge in [-0.2, -0.15) is 9.40 Å². The lowest BCUT2D eigenvalue weighted by atomic mass is 10.3. The second-order valence-corrected chi connectivity index (χ2v) is 7.42. The molecule has 0 saturated carbocycles. The van der Waals surface area contributed by atoms with E-state index in [1.165, 1.54) is 4.31 Å². The largest absolute Gasteiger partial charge is 0.354 e. The first-order valence-electron chi connectivity index (χ1n) is 7.72. The van der Waals surface area contributed by atoms with Crippen LogP contribution in [0.1, 0.15) is 12.6 Å². The molecule has 0 N–H and O–H groups in total. The number of hydrogen-bond acceptors (Lipinski definition) is 5. The van der Waals surface area contributed by atoms with Gasteiger partial charge in [0.25, 0.3) is 0 Å². The molecule has 23 heavy (non-hydrogen) atoms. The number of hydrogen-bond donors (Lipinski definition) is 0. The quantitative estimate of drug-likeness (QED) is 0.837. The van der Waals surface area contributed by atoms with Gasteiger partial charge in [-0.3, -0.25) is 4.68 Å². The number of anilines is 1. The summed E-state index contributed by atoms with van der Waals surface area (Å²) in [5.74, 6) is 0.888. The molecule has 2 aromatic rings. The maximum atomic E-state index is 12.8. The van der Waals surface area contributed by atoms with Gasteiger partial charge in [0.15, 0.2) is 0 Å². The van der Waals surface area contributed by atoms with Crippen molar-refractivity contribution in [1.82, 2.24) is 19.1 Å². The second-order valence-electron chi connectivity index (χ2n) is 5.51. The Morgan fingerprint density at radius 3 is 2.48 bits per heavy atom. The molecule has 0 amide bonds. The van der Waals surface area contributed by atoms with Crippen LogP contribution in [0.25, 0.3) is 0 Å². The van der Waals surface area contributed by atoms with Gasteiger partial charge in [-0.05, 0) is 26.0 Å². The molecule has 1 aliphatic rings. The number of pyridine rings is 1. The fourth-order valence-electron chi connectivity index (χ4n) is 2.75. The number of piperazine rings is 1. The van der Waals surface area contributed by atoms with Crippen molar-refractivity contribution in [2.24, 2.45) is 0 Å². The average molecular weight is 335 g/mol. The monoisotopic (exact) mass is 335 g/mol. The minimum Gasteiger partial charge on any atom is -0.354 e. The van der Waals surface area contributed by atoms with Gasteiger partial charge in [0, 0.05) is 45.1 Å². The maximum Gasteiger partial charge on any atom is 0.246 e. The summed E-state index contributed by atoms with van der Waals surface area (Å²) in [5.41, 5.74) is 0.555. The predicted molar refractivity (Wildman–Crippen MR) is 87.8 cm³/mol. The zero-order valence-electron chi connectivity index (χ0n) is 13.4. The Kier molecular flexibility index (Phi) is 4.36. The Morgan fingerprint density at radius 1 is 1.17 bits per heavy atom. The molecular weight excluding hydrogens is 314 g/mol. The van der Waals surface area contributed by atoms with Crippen molar-refractivity contribution in [1.29, 1.82) is 0 Å². The lowest BCUT2D eigenvalue weighted by Crippen LogP contribution is -2.49. The number of sulfonamides is 1. The zero-order valence-corrected chi connectivity index (χ0v) is 14.2. The molecule has 1 fully saturated rings. The summed E-state index contributed by atoms with van der Waals surface area (Å²) in [6.07, 6.45) is 3.37. The van der Waals surface area contributed by atoms with Crippen molar-refractivity contribution >= 4 is 15.8 Å². The molecule has 0 radical (unpaired) electrons. The van der Waals surface area contributed by atoms with Crippen molar-refractivity contribution in [3.05, 3.63) is 36.3 Å². The second kappa shape index (κ2) is 6.29. The van der Waals surface area contributed by atoms with Crippen LogP contribution in [-0.2, 0) is 16.6 Å². The van der Waals surface area contributed by atoms with Gasteiger partial charge in [-0.1, -0.05) is 6.07 Å². The standard InChI is InChI=1S/C15H21N5O2S/c1-3-19-12-14(13(2)17-19)23(21,22)20-10-8-18(9-11-20)15-6-4-5-7-16-15/h4-7,12H,3,8-11H2,1-2H3. The molecule has 3 rings (SSSR count). The highest BCUT2D eigenvalue weighted by Gasteiger charge is 2.31. The van der Waals surface area contributed by atoms with E-state index in [-0.39, 0.29) is 0 Å². The highest BCUT2D eigenvalue weighted by Crippen LogP contribution is 2.21. The van der Waals surface area contributed by atoms with E-state index in [4.69, 9.17) is 0 Å². The molecule has 7 nitrogen and oxygen atoms in total. The Bertz CT molecular complexity index is 764. The van der Waals surface area contributed by atoms with E-state index in [0.29, 0.717) is 43.3 Å². The fraction of sp³-hybridized carbons (Fsp3) is 0.467. The smallest absolute Gasteiger partial charge is 0.246 e. The fourth-order valence-corrected chi connectivity index (χ4v) is 4.34. The summed E-state index contributed by atoms with van der Waals surface area (Å²) >= 11 is 0. The van der Waals surface area contributed by atoms with E-state index in [0.717, 1.165) is 5.82 Å². The number of rotatable bonds is 4. The number of aromatic nitrogens is 3. The summed E-state index contributed by atoms with van der Waals surface area (Å²) in [7, 11) is -3.48. The van der Waals surface area contributed by atoms with Crippen LogP contribution >= 0.6 is 0 Å². The van der Waals surface area contributed by atoms with Crippen LogP contribution in [0.5, 0.6) is 0 Å². The molecule has 0 unspecified atom stereocenters. The third-order valence-electron chi connectivity index (χ3n) is 4.06. The molecule has 2 aromatic heterocycles. The predicted octanol–water partition coefficient (Wildman–Crippen LogP) is 1.12. The maximum absolute atomic E-state index is 12.8. The minimum absolute atomic E-state index is 0.311. The van der Waals surface area contributed by atoms with Gasteiger partial charge in [0.1, 0.15) is 10.7 Å². The molecule has 0 spiro atoms. The third kappa shape index (κ3) is 3.09. The van der Waals surface area contributed by atoms with Crippen molar-refractivity contribution in [3.8, 4) is 0 Å². The van der Waals surface area contributed by atoms with Gasteiger partial charge in [-0.25, -0.2) is 13.4 Å². The van der Waals surface area contributed by atoms with Crippen LogP contribution in [0.2, 0.25) is 0 Å². The van der Waals surface area contributed by atoms with Gasteiger partial charge in [0.2, 0.25) is 10.0 Å². The molecule has 0 aromatic carbocycles.